The third-order valence-electron chi connectivity index (χ3n) is 3.96. The van der Waals surface area contributed by atoms with E-state index in [1.165, 1.54) is 10.9 Å². The minimum Gasteiger partial charge on any atom is -0.392 e. The summed E-state index contributed by atoms with van der Waals surface area (Å²) in [6.45, 7) is 1.61. The second kappa shape index (κ2) is 6.37. The average molecular weight is 301 g/mol. The summed E-state index contributed by atoms with van der Waals surface area (Å²) in [5, 5.41) is 10.1. The van der Waals surface area contributed by atoms with E-state index in [0.29, 0.717) is 17.4 Å². The molecular formula is C16H19N3O3. The number of aliphatic hydroxyl groups excluding tert-OH is 1. The fourth-order valence-electron chi connectivity index (χ4n) is 2.88. The Morgan fingerprint density at radius 1 is 1.32 bits per heavy atom. The predicted molar refractivity (Wildman–Crippen MR) is 82.7 cm³/mol. The molecule has 0 spiro atoms. The number of aromatic nitrogens is 2. The van der Waals surface area contributed by atoms with E-state index < -0.39 is 0 Å². The Kier molecular flexibility index (Phi) is 4.31. The van der Waals surface area contributed by atoms with Crippen molar-refractivity contribution in [2.24, 2.45) is 0 Å². The highest BCUT2D eigenvalue weighted by Crippen LogP contribution is 2.09. The number of Topliss-reactive ketones (excluding diaryl/α,β-unsaturated/α-hetero) is 1. The largest absolute Gasteiger partial charge is 0.392 e. The molecule has 0 bridgehead atoms. The number of para-hydroxylation sites is 1. The van der Waals surface area contributed by atoms with Crippen LogP contribution in [-0.2, 0) is 11.3 Å². The highest BCUT2D eigenvalue weighted by atomic mass is 16.3. The van der Waals surface area contributed by atoms with Gasteiger partial charge >= 0.3 is 0 Å². The summed E-state index contributed by atoms with van der Waals surface area (Å²) in [7, 11) is 0. The molecule has 2 heterocycles. The summed E-state index contributed by atoms with van der Waals surface area (Å²) >= 11 is 0. The smallest absolute Gasteiger partial charge is 0.261 e. The zero-order chi connectivity index (χ0) is 15.5. The van der Waals surface area contributed by atoms with Crippen molar-refractivity contribution in [3.8, 4) is 0 Å². The van der Waals surface area contributed by atoms with Gasteiger partial charge in [0, 0.05) is 6.54 Å². The molecule has 1 aliphatic rings. The summed E-state index contributed by atoms with van der Waals surface area (Å²) in [5.74, 6) is -0.0479. The van der Waals surface area contributed by atoms with Crippen LogP contribution in [0.4, 0.5) is 0 Å². The number of nitrogens with zero attached hydrogens (tertiary/aromatic N) is 3. The van der Waals surface area contributed by atoms with Gasteiger partial charge in [-0.15, -0.1) is 0 Å². The van der Waals surface area contributed by atoms with Crippen molar-refractivity contribution in [1.82, 2.24) is 14.5 Å². The van der Waals surface area contributed by atoms with Crippen LogP contribution in [0.3, 0.4) is 0 Å². The molecule has 1 saturated heterocycles. The fraction of sp³-hybridized carbons (Fsp3) is 0.438. The maximum absolute atomic E-state index is 12.3. The van der Waals surface area contributed by atoms with Crippen molar-refractivity contribution in [3.05, 3.63) is 40.9 Å². The van der Waals surface area contributed by atoms with Gasteiger partial charge in [0.1, 0.15) is 0 Å². The summed E-state index contributed by atoms with van der Waals surface area (Å²) in [5.41, 5.74) is 0.438. The maximum Gasteiger partial charge on any atom is 0.261 e. The molecule has 6 nitrogen and oxygen atoms in total. The van der Waals surface area contributed by atoms with Gasteiger partial charge in [-0.2, -0.15) is 0 Å². The van der Waals surface area contributed by atoms with Gasteiger partial charge in [0.15, 0.2) is 5.78 Å². The van der Waals surface area contributed by atoms with E-state index in [1.54, 1.807) is 18.2 Å². The fourth-order valence-corrected chi connectivity index (χ4v) is 2.88. The Bertz CT molecular complexity index is 741. The number of fused-ring (bicyclic) bond motifs is 1. The molecule has 0 saturated carbocycles. The lowest BCUT2D eigenvalue weighted by molar-refractivity contribution is -0.121. The van der Waals surface area contributed by atoms with Crippen molar-refractivity contribution >= 4 is 16.7 Å². The van der Waals surface area contributed by atoms with E-state index in [0.717, 1.165) is 19.4 Å². The Morgan fingerprint density at radius 2 is 2.14 bits per heavy atom. The Hall–Kier alpha value is -2.05. The zero-order valence-corrected chi connectivity index (χ0v) is 12.3. The van der Waals surface area contributed by atoms with Crippen LogP contribution in [-0.4, -0.2) is 51.1 Å². The number of benzene rings is 1. The monoisotopic (exact) mass is 301 g/mol. The standard InChI is InChI=1S/C16H19N3O3/c20-12-4-3-7-18(8-12)9-13(21)10-19-11-17-15-6-2-1-5-14(15)16(19)22/h1-2,5-6,11-12,20H,3-4,7-10H2. The molecule has 1 N–H and O–H groups in total. The van der Waals surface area contributed by atoms with Crippen molar-refractivity contribution in [2.45, 2.75) is 25.5 Å². The number of rotatable bonds is 4. The van der Waals surface area contributed by atoms with E-state index in [9.17, 15) is 14.7 Å². The van der Waals surface area contributed by atoms with Crippen LogP contribution in [0.15, 0.2) is 35.4 Å². The van der Waals surface area contributed by atoms with Gasteiger partial charge in [0.25, 0.3) is 5.56 Å². The second-order valence-electron chi connectivity index (χ2n) is 5.76. The predicted octanol–water partition coefficient (Wildman–Crippen LogP) is 0.422. The van der Waals surface area contributed by atoms with Crippen molar-refractivity contribution in [2.75, 3.05) is 19.6 Å². The number of piperidine rings is 1. The molecule has 3 rings (SSSR count). The highest BCUT2D eigenvalue weighted by molar-refractivity contribution is 5.81. The summed E-state index contributed by atoms with van der Waals surface area (Å²) in [6.07, 6.45) is 2.75. The molecular weight excluding hydrogens is 282 g/mol. The Morgan fingerprint density at radius 3 is 2.95 bits per heavy atom. The molecule has 1 atom stereocenters. The van der Waals surface area contributed by atoms with Crippen LogP contribution in [0.5, 0.6) is 0 Å². The van der Waals surface area contributed by atoms with Gasteiger partial charge in [-0.05, 0) is 31.5 Å². The summed E-state index contributed by atoms with van der Waals surface area (Å²) < 4.78 is 1.35. The number of hydrogen-bond donors (Lipinski definition) is 1. The van der Waals surface area contributed by atoms with Crippen LogP contribution >= 0.6 is 0 Å². The molecule has 1 unspecified atom stereocenters. The minimum absolute atomic E-state index is 0.0171. The lowest BCUT2D eigenvalue weighted by Crippen LogP contribution is -2.42. The van der Waals surface area contributed by atoms with Crippen LogP contribution in [0.25, 0.3) is 10.9 Å². The molecule has 1 fully saturated rings. The van der Waals surface area contributed by atoms with Crippen molar-refractivity contribution < 1.29 is 9.90 Å². The van der Waals surface area contributed by atoms with Gasteiger partial charge in [-0.25, -0.2) is 4.98 Å². The highest BCUT2D eigenvalue weighted by Gasteiger charge is 2.20. The Balaban J connectivity index is 1.71. The molecule has 1 aromatic heterocycles. The molecule has 22 heavy (non-hydrogen) atoms. The van der Waals surface area contributed by atoms with Gasteiger partial charge < -0.3 is 5.11 Å². The van der Waals surface area contributed by atoms with Gasteiger partial charge in [0.2, 0.25) is 0 Å². The normalized spacial score (nSPS) is 19.4. The van der Waals surface area contributed by atoms with Gasteiger partial charge in [-0.3, -0.25) is 19.1 Å². The average Bonchev–Trinajstić information content (AvgIpc) is 2.50. The first kappa shape index (κ1) is 14.9. The number of aliphatic hydroxyl groups is 1. The molecule has 116 valence electrons. The first-order valence-corrected chi connectivity index (χ1v) is 7.50. The lowest BCUT2D eigenvalue weighted by Gasteiger charge is -2.29. The van der Waals surface area contributed by atoms with Crippen LogP contribution < -0.4 is 5.56 Å². The Labute approximate surface area is 128 Å². The molecule has 0 amide bonds. The third-order valence-corrected chi connectivity index (χ3v) is 3.96. The van der Waals surface area contributed by atoms with Crippen LogP contribution in [0, 0.1) is 0 Å². The molecule has 1 aromatic carbocycles. The molecule has 6 heteroatoms. The number of carbonyl (C=O) groups is 1. The molecule has 0 radical (unpaired) electrons. The van der Waals surface area contributed by atoms with Crippen molar-refractivity contribution in [3.63, 3.8) is 0 Å². The summed E-state index contributed by atoms with van der Waals surface area (Å²) in [4.78, 5) is 30.6. The van der Waals surface area contributed by atoms with Crippen LogP contribution in [0.2, 0.25) is 0 Å². The van der Waals surface area contributed by atoms with E-state index in [2.05, 4.69) is 4.98 Å². The number of carbonyl (C=O) groups excluding carboxylic acids is 1. The number of likely N-dealkylation sites (tertiary alicyclic amines) is 1. The number of β-amino-alcohol motifs (C(OH)–C–C–N with tert-alkyl or cyclic N) is 1. The van der Waals surface area contributed by atoms with Crippen molar-refractivity contribution in [1.29, 1.82) is 0 Å². The lowest BCUT2D eigenvalue weighted by atomic mass is 10.1. The molecule has 2 aromatic rings. The van der Waals surface area contributed by atoms with E-state index >= 15 is 0 Å². The quantitative estimate of drug-likeness (QED) is 0.886. The second-order valence-corrected chi connectivity index (χ2v) is 5.76. The number of hydrogen-bond acceptors (Lipinski definition) is 5. The zero-order valence-electron chi connectivity index (χ0n) is 12.3. The van der Waals surface area contributed by atoms with Gasteiger partial charge in [0.05, 0.1) is 36.4 Å². The molecule has 0 aliphatic carbocycles. The SMILES string of the molecule is O=C(CN1CCCC(O)C1)Cn1cnc2ccccc2c1=O. The van der Waals surface area contributed by atoms with E-state index in [4.69, 9.17) is 0 Å². The first-order chi connectivity index (χ1) is 10.6. The molecule has 1 aliphatic heterocycles. The number of ketones is 1. The van der Waals surface area contributed by atoms with E-state index in [1.807, 2.05) is 11.0 Å². The third kappa shape index (κ3) is 3.23. The van der Waals surface area contributed by atoms with Crippen LogP contribution in [0.1, 0.15) is 12.8 Å². The first-order valence-electron chi connectivity index (χ1n) is 7.50. The van der Waals surface area contributed by atoms with Gasteiger partial charge in [-0.1, -0.05) is 12.1 Å². The maximum atomic E-state index is 12.3. The van der Waals surface area contributed by atoms with E-state index in [-0.39, 0.29) is 30.5 Å². The topological polar surface area (TPSA) is 75.4 Å². The minimum atomic E-state index is -0.355. The summed E-state index contributed by atoms with van der Waals surface area (Å²) in [6, 6.07) is 7.10.